The van der Waals surface area contributed by atoms with Gasteiger partial charge in [0.25, 0.3) is 0 Å². The molecule has 66 valence electrons. The van der Waals surface area contributed by atoms with Gasteiger partial charge in [-0.1, -0.05) is 30.3 Å². The Kier molecular flexibility index (Phi) is 2.40. The summed E-state index contributed by atoms with van der Waals surface area (Å²) in [5.74, 6) is 0. The molecule has 1 nitrogen and oxygen atoms in total. The van der Waals surface area contributed by atoms with Crippen molar-refractivity contribution >= 4 is 12.4 Å². The maximum absolute atomic E-state index is 13.5. The van der Waals surface area contributed by atoms with Crippen molar-refractivity contribution in [1.82, 2.24) is 0 Å². The van der Waals surface area contributed by atoms with Crippen molar-refractivity contribution in [1.29, 1.82) is 0 Å². The molecule has 12 heavy (non-hydrogen) atoms. The largest absolute Gasteiger partial charge is 0.325 e. The Hall–Kier alpha value is -0.600. The zero-order chi connectivity index (χ0) is 7.90. The molecule has 0 unspecified atom stereocenters. The van der Waals surface area contributed by atoms with Crippen molar-refractivity contribution in [3.8, 4) is 0 Å². The van der Waals surface area contributed by atoms with E-state index in [4.69, 9.17) is 5.73 Å². The van der Waals surface area contributed by atoms with Gasteiger partial charge in [0.15, 0.2) is 5.67 Å². The van der Waals surface area contributed by atoms with Crippen LogP contribution in [0.25, 0.3) is 0 Å². The van der Waals surface area contributed by atoms with E-state index in [1.807, 2.05) is 18.2 Å². The fraction of sp³-hybridized carbons (Fsp3) is 0.333. The van der Waals surface area contributed by atoms with Gasteiger partial charge < -0.3 is 5.73 Å². The Morgan fingerprint density at radius 1 is 1.33 bits per heavy atom. The first-order valence-corrected chi connectivity index (χ1v) is 3.73. The molecular weight excluding hydrogens is 177 g/mol. The molecule has 1 fully saturated rings. The molecule has 1 aromatic rings. The highest BCUT2D eigenvalue weighted by atomic mass is 35.5. The van der Waals surface area contributed by atoms with Gasteiger partial charge in [-0.2, -0.15) is 0 Å². The fourth-order valence-electron chi connectivity index (χ4n) is 1.31. The second-order valence-electron chi connectivity index (χ2n) is 3.04. The molecule has 0 bridgehead atoms. The smallest absolute Gasteiger partial charge is 0.152 e. The number of hydrogen-bond donors (Lipinski definition) is 1. The topological polar surface area (TPSA) is 26.0 Å². The molecule has 0 aliphatic heterocycles. The van der Waals surface area contributed by atoms with E-state index in [2.05, 4.69) is 0 Å². The van der Waals surface area contributed by atoms with Gasteiger partial charge in [0.2, 0.25) is 0 Å². The predicted molar refractivity (Wildman–Crippen MR) is 49.1 cm³/mol. The number of nitrogens with two attached hydrogens (primary N) is 1. The molecule has 0 spiro atoms. The van der Waals surface area contributed by atoms with Crippen LogP contribution in [0.4, 0.5) is 4.39 Å². The van der Waals surface area contributed by atoms with E-state index in [0.717, 1.165) is 0 Å². The summed E-state index contributed by atoms with van der Waals surface area (Å²) in [6.07, 6.45) is 0.469. The van der Waals surface area contributed by atoms with E-state index in [1.54, 1.807) is 12.1 Å². The second-order valence-corrected chi connectivity index (χ2v) is 3.04. The average Bonchev–Trinajstić information content (AvgIpc) is 2.64. The minimum Gasteiger partial charge on any atom is -0.325 e. The van der Waals surface area contributed by atoms with Gasteiger partial charge in [-0.3, -0.25) is 0 Å². The van der Waals surface area contributed by atoms with Crippen LogP contribution in [-0.4, -0.2) is 6.04 Å². The third kappa shape index (κ3) is 1.32. The van der Waals surface area contributed by atoms with Crippen molar-refractivity contribution in [3.05, 3.63) is 35.9 Å². The number of hydrogen-bond acceptors (Lipinski definition) is 1. The molecule has 2 atom stereocenters. The zero-order valence-electron chi connectivity index (χ0n) is 6.53. The van der Waals surface area contributed by atoms with Crippen LogP contribution >= 0.6 is 12.4 Å². The minimum atomic E-state index is -1.22. The number of alkyl halides is 1. The molecule has 1 saturated carbocycles. The Morgan fingerprint density at radius 2 is 1.83 bits per heavy atom. The summed E-state index contributed by atoms with van der Waals surface area (Å²) < 4.78 is 13.5. The SMILES string of the molecule is Cl.N[C@H]1C[C@@]1(F)c1ccccc1. The van der Waals surface area contributed by atoms with Gasteiger partial charge in [-0.05, 0) is 5.56 Å². The number of rotatable bonds is 1. The first-order valence-electron chi connectivity index (χ1n) is 3.73. The van der Waals surface area contributed by atoms with Crippen molar-refractivity contribution in [2.75, 3.05) is 0 Å². The lowest BCUT2D eigenvalue weighted by Gasteiger charge is -2.04. The third-order valence-electron chi connectivity index (χ3n) is 2.20. The van der Waals surface area contributed by atoms with Crippen molar-refractivity contribution in [3.63, 3.8) is 0 Å². The molecule has 0 heterocycles. The van der Waals surface area contributed by atoms with Gasteiger partial charge in [0.1, 0.15) is 0 Å². The lowest BCUT2D eigenvalue weighted by atomic mass is 10.1. The predicted octanol–water partition coefficient (Wildman–Crippen LogP) is 2.00. The van der Waals surface area contributed by atoms with Crippen LogP contribution < -0.4 is 5.73 Å². The average molecular weight is 188 g/mol. The van der Waals surface area contributed by atoms with Gasteiger partial charge in [-0.25, -0.2) is 4.39 Å². The zero-order valence-corrected chi connectivity index (χ0v) is 7.35. The molecule has 1 aliphatic rings. The van der Waals surface area contributed by atoms with Crippen LogP contribution in [-0.2, 0) is 5.67 Å². The Balaban J connectivity index is 0.000000720. The normalized spacial score (nSPS) is 32.3. The second kappa shape index (κ2) is 3.04. The van der Waals surface area contributed by atoms with Crippen LogP contribution in [0.5, 0.6) is 0 Å². The molecule has 1 aromatic carbocycles. The summed E-state index contributed by atoms with van der Waals surface area (Å²) >= 11 is 0. The number of benzene rings is 1. The van der Waals surface area contributed by atoms with Crippen molar-refractivity contribution in [2.45, 2.75) is 18.1 Å². The first-order chi connectivity index (χ1) is 5.23. The van der Waals surface area contributed by atoms with Gasteiger partial charge in [0, 0.05) is 12.5 Å². The Morgan fingerprint density at radius 3 is 2.25 bits per heavy atom. The lowest BCUT2D eigenvalue weighted by Crippen LogP contribution is -2.12. The summed E-state index contributed by atoms with van der Waals surface area (Å²) in [6, 6.07) is 8.83. The summed E-state index contributed by atoms with van der Waals surface area (Å²) in [5, 5.41) is 0. The summed E-state index contributed by atoms with van der Waals surface area (Å²) in [6.45, 7) is 0. The highest BCUT2D eigenvalue weighted by molar-refractivity contribution is 5.85. The van der Waals surface area contributed by atoms with Gasteiger partial charge in [0.05, 0.1) is 0 Å². The summed E-state index contributed by atoms with van der Waals surface area (Å²) in [4.78, 5) is 0. The molecule has 1 aliphatic carbocycles. The van der Waals surface area contributed by atoms with E-state index >= 15 is 0 Å². The van der Waals surface area contributed by atoms with Crippen LogP contribution in [0.3, 0.4) is 0 Å². The van der Waals surface area contributed by atoms with Crippen LogP contribution in [0.15, 0.2) is 30.3 Å². The highest BCUT2D eigenvalue weighted by Crippen LogP contribution is 2.48. The lowest BCUT2D eigenvalue weighted by molar-refractivity contribution is 0.306. The third-order valence-corrected chi connectivity index (χ3v) is 2.20. The molecule has 2 N–H and O–H groups in total. The van der Waals surface area contributed by atoms with E-state index in [-0.39, 0.29) is 18.4 Å². The van der Waals surface area contributed by atoms with Crippen LogP contribution in [0, 0.1) is 0 Å². The first kappa shape index (κ1) is 9.49. The van der Waals surface area contributed by atoms with Gasteiger partial charge >= 0.3 is 0 Å². The molecule has 0 radical (unpaired) electrons. The monoisotopic (exact) mass is 187 g/mol. The summed E-state index contributed by atoms with van der Waals surface area (Å²) in [7, 11) is 0. The number of halogens is 2. The van der Waals surface area contributed by atoms with E-state index < -0.39 is 5.67 Å². The fourth-order valence-corrected chi connectivity index (χ4v) is 1.31. The molecule has 2 rings (SSSR count). The molecule has 0 saturated heterocycles. The molecular formula is C9H11ClFN. The summed E-state index contributed by atoms with van der Waals surface area (Å²) in [5.41, 5.74) is 4.95. The minimum absolute atomic E-state index is 0. The van der Waals surface area contributed by atoms with Crippen LogP contribution in [0.1, 0.15) is 12.0 Å². The molecule has 3 heteroatoms. The highest BCUT2D eigenvalue weighted by Gasteiger charge is 2.54. The quantitative estimate of drug-likeness (QED) is 0.715. The van der Waals surface area contributed by atoms with Crippen molar-refractivity contribution in [2.24, 2.45) is 5.73 Å². The van der Waals surface area contributed by atoms with E-state index in [0.29, 0.717) is 12.0 Å². The standard InChI is InChI=1S/C9H10FN.ClH/c10-9(6-8(9)11)7-4-2-1-3-5-7;/h1-5,8H,6,11H2;1H/t8-,9+;/m0./s1. The van der Waals surface area contributed by atoms with E-state index in [9.17, 15) is 4.39 Å². The Bertz CT molecular complexity index is 264. The molecule has 0 aromatic heterocycles. The maximum atomic E-state index is 13.5. The Labute approximate surface area is 77.2 Å². The molecule has 0 amide bonds. The van der Waals surface area contributed by atoms with E-state index in [1.165, 1.54) is 0 Å². The van der Waals surface area contributed by atoms with Crippen LogP contribution in [0.2, 0.25) is 0 Å². The van der Waals surface area contributed by atoms with Crippen molar-refractivity contribution < 1.29 is 4.39 Å². The maximum Gasteiger partial charge on any atom is 0.152 e. The van der Waals surface area contributed by atoms with Gasteiger partial charge in [-0.15, -0.1) is 12.4 Å².